The van der Waals surface area contributed by atoms with Crippen LogP contribution in [0, 0.1) is 12.8 Å². The minimum atomic E-state index is -0.852. The zero-order valence-corrected chi connectivity index (χ0v) is 10.7. The Kier molecular flexibility index (Phi) is 4.03. The van der Waals surface area contributed by atoms with E-state index in [1.807, 2.05) is 0 Å². The highest BCUT2D eigenvalue weighted by atomic mass is 16.5. The van der Waals surface area contributed by atoms with Crippen LogP contribution in [-0.4, -0.2) is 28.3 Å². The first-order valence-electron chi connectivity index (χ1n) is 6.25. The van der Waals surface area contributed by atoms with Gasteiger partial charge in [-0.05, 0) is 19.8 Å². The topological polar surface area (TPSA) is 104 Å². The van der Waals surface area contributed by atoms with Gasteiger partial charge in [-0.25, -0.2) is 4.79 Å². The second-order valence-electron chi connectivity index (χ2n) is 4.74. The molecule has 2 rings (SSSR count). The summed E-state index contributed by atoms with van der Waals surface area (Å²) >= 11 is 0. The molecule has 1 fully saturated rings. The Morgan fingerprint density at radius 1 is 1.53 bits per heavy atom. The van der Waals surface area contributed by atoms with Crippen LogP contribution in [0.15, 0.2) is 10.6 Å². The summed E-state index contributed by atoms with van der Waals surface area (Å²) in [5.41, 5.74) is 0.633. The van der Waals surface area contributed by atoms with E-state index in [0.717, 1.165) is 6.42 Å². The molecule has 1 aromatic rings. The monoisotopic (exact) mass is 267 g/mol. The molecule has 1 aliphatic carbocycles. The number of rotatable bonds is 4. The Morgan fingerprint density at radius 3 is 2.95 bits per heavy atom. The van der Waals surface area contributed by atoms with Crippen molar-refractivity contribution in [2.75, 3.05) is 0 Å². The quantitative estimate of drug-likeness (QED) is 0.756. The Morgan fingerprint density at radius 2 is 2.32 bits per heavy atom. The van der Waals surface area contributed by atoms with E-state index in [1.165, 1.54) is 0 Å². The fraction of sp³-hybridized carbons (Fsp3) is 0.583. The van der Waals surface area contributed by atoms with Gasteiger partial charge in [-0.15, -0.1) is 0 Å². The summed E-state index contributed by atoms with van der Waals surface area (Å²) < 4.78 is 4.88. The van der Waals surface area contributed by atoms with Crippen LogP contribution in [0.3, 0.4) is 0 Å². The van der Waals surface area contributed by atoms with Crippen LogP contribution in [0.2, 0.25) is 0 Å². The van der Waals surface area contributed by atoms with Crippen LogP contribution in [-0.2, 0) is 11.3 Å². The van der Waals surface area contributed by atoms with E-state index in [4.69, 9.17) is 9.63 Å². The Balaban J connectivity index is 1.79. The van der Waals surface area contributed by atoms with E-state index >= 15 is 0 Å². The number of aliphatic carboxylic acids is 1. The highest BCUT2D eigenvalue weighted by molar-refractivity contribution is 5.76. The number of carboxylic acids is 1. The molecular weight excluding hydrogens is 250 g/mol. The van der Waals surface area contributed by atoms with Crippen molar-refractivity contribution >= 4 is 12.0 Å². The molecule has 0 aromatic carbocycles. The number of nitrogens with zero attached hydrogens (tertiary/aromatic N) is 1. The number of urea groups is 1. The molecule has 1 heterocycles. The second kappa shape index (κ2) is 5.73. The number of hydrogen-bond donors (Lipinski definition) is 3. The smallest absolute Gasteiger partial charge is 0.315 e. The molecule has 2 atom stereocenters. The lowest BCUT2D eigenvalue weighted by Crippen LogP contribution is -2.45. The van der Waals surface area contributed by atoms with Crippen molar-refractivity contribution in [3.63, 3.8) is 0 Å². The molecule has 1 saturated carbocycles. The Labute approximate surface area is 110 Å². The second-order valence-corrected chi connectivity index (χ2v) is 4.74. The van der Waals surface area contributed by atoms with Crippen molar-refractivity contribution in [3.05, 3.63) is 17.5 Å². The molecule has 0 saturated heterocycles. The number of carboxylic acid groups (broad SMARTS) is 1. The van der Waals surface area contributed by atoms with Crippen LogP contribution < -0.4 is 10.6 Å². The maximum absolute atomic E-state index is 11.7. The number of amides is 2. The molecule has 0 radical (unpaired) electrons. The molecule has 104 valence electrons. The highest BCUT2D eigenvalue weighted by Crippen LogP contribution is 2.25. The molecule has 7 nitrogen and oxygen atoms in total. The Hall–Kier alpha value is -2.05. The predicted octanol–water partition coefficient (Wildman–Crippen LogP) is 1.04. The van der Waals surface area contributed by atoms with Crippen LogP contribution in [0.5, 0.6) is 0 Å². The number of nitrogens with one attached hydrogen (secondary N) is 2. The van der Waals surface area contributed by atoms with Gasteiger partial charge in [0.25, 0.3) is 0 Å². The van der Waals surface area contributed by atoms with Crippen LogP contribution in [0.1, 0.15) is 30.7 Å². The van der Waals surface area contributed by atoms with E-state index in [2.05, 4.69) is 15.8 Å². The van der Waals surface area contributed by atoms with Crippen molar-refractivity contribution in [2.45, 2.75) is 38.8 Å². The summed E-state index contributed by atoms with van der Waals surface area (Å²) in [7, 11) is 0. The van der Waals surface area contributed by atoms with Gasteiger partial charge in [-0.1, -0.05) is 11.6 Å². The number of aromatic nitrogens is 1. The molecule has 19 heavy (non-hydrogen) atoms. The summed E-state index contributed by atoms with van der Waals surface area (Å²) in [6, 6.07) is 1.06. The average Bonchev–Trinajstić information content (AvgIpc) is 2.95. The third-order valence-electron chi connectivity index (χ3n) is 3.26. The van der Waals surface area contributed by atoms with Crippen molar-refractivity contribution in [3.8, 4) is 0 Å². The maximum Gasteiger partial charge on any atom is 0.315 e. The normalized spacial score (nSPS) is 22.2. The summed E-state index contributed by atoms with van der Waals surface area (Å²) in [4.78, 5) is 22.7. The minimum absolute atomic E-state index is 0.258. The molecule has 2 amide bonds. The van der Waals surface area contributed by atoms with Gasteiger partial charge >= 0.3 is 12.0 Å². The number of aryl methyl sites for hydroxylation is 1. The van der Waals surface area contributed by atoms with Crippen molar-refractivity contribution in [2.24, 2.45) is 5.92 Å². The highest BCUT2D eigenvalue weighted by Gasteiger charge is 2.33. The molecule has 1 aromatic heterocycles. The first kappa shape index (κ1) is 13.4. The fourth-order valence-corrected chi connectivity index (χ4v) is 2.32. The van der Waals surface area contributed by atoms with Crippen molar-refractivity contribution < 1.29 is 19.2 Å². The zero-order chi connectivity index (χ0) is 13.8. The summed E-state index contributed by atoms with van der Waals surface area (Å²) in [5.74, 6) is -0.658. The predicted molar refractivity (Wildman–Crippen MR) is 65.4 cm³/mol. The largest absolute Gasteiger partial charge is 0.481 e. The SMILES string of the molecule is Cc1cc(CNC(=O)NC2CCCC2C(=O)O)no1. The van der Waals surface area contributed by atoms with Gasteiger partial charge in [-0.2, -0.15) is 0 Å². The van der Waals surface area contributed by atoms with Crippen molar-refractivity contribution in [1.29, 1.82) is 0 Å². The maximum atomic E-state index is 11.7. The molecule has 0 aliphatic heterocycles. The molecule has 0 spiro atoms. The van der Waals surface area contributed by atoms with Gasteiger partial charge < -0.3 is 20.3 Å². The molecule has 1 aliphatic rings. The minimum Gasteiger partial charge on any atom is -0.481 e. The number of carbonyl (C=O) groups excluding carboxylic acids is 1. The first-order valence-corrected chi connectivity index (χ1v) is 6.25. The van der Waals surface area contributed by atoms with Crippen LogP contribution in [0.25, 0.3) is 0 Å². The van der Waals surface area contributed by atoms with Gasteiger partial charge in [-0.3, -0.25) is 4.79 Å². The van der Waals surface area contributed by atoms with E-state index in [9.17, 15) is 9.59 Å². The average molecular weight is 267 g/mol. The Bertz CT molecular complexity index is 471. The van der Waals surface area contributed by atoms with E-state index in [1.54, 1.807) is 13.0 Å². The lowest BCUT2D eigenvalue weighted by molar-refractivity contribution is -0.142. The van der Waals surface area contributed by atoms with Gasteiger partial charge in [0.15, 0.2) is 0 Å². The third kappa shape index (κ3) is 3.46. The third-order valence-corrected chi connectivity index (χ3v) is 3.26. The fourth-order valence-electron chi connectivity index (χ4n) is 2.32. The standard InChI is InChI=1S/C12H17N3O4/c1-7-5-8(15-19-7)6-13-12(18)14-10-4-2-3-9(10)11(16)17/h5,9-10H,2-4,6H2,1H3,(H,16,17)(H2,13,14,18). The number of hydrogen-bond acceptors (Lipinski definition) is 4. The lowest BCUT2D eigenvalue weighted by Gasteiger charge is -2.17. The molecular formula is C12H17N3O4. The summed E-state index contributed by atoms with van der Waals surface area (Å²) in [6.07, 6.45) is 2.14. The molecule has 7 heteroatoms. The van der Waals surface area contributed by atoms with Gasteiger partial charge in [0.1, 0.15) is 11.5 Å². The van der Waals surface area contributed by atoms with E-state index in [-0.39, 0.29) is 18.6 Å². The lowest BCUT2D eigenvalue weighted by atomic mass is 10.0. The molecule has 2 unspecified atom stereocenters. The molecule has 0 bridgehead atoms. The first-order chi connectivity index (χ1) is 9.06. The van der Waals surface area contributed by atoms with Gasteiger partial charge in [0.05, 0.1) is 12.5 Å². The van der Waals surface area contributed by atoms with Crippen molar-refractivity contribution in [1.82, 2.24) is 15.8 Å². The van der Waals surface area contributed by atoms with Gasteiger partial charge in [0, 0.05) is 12.1 Å². The van der Waals surface area contributed by atoms with E-state index in [0.29, 0.717) is 24.3 Å². The van der Waals surface area contributed by atoms with Crippen LogP contribution in [0.4, 0.5) is 4.79 Å². The van der Waals surface area contributed by atoms with E-state index < -0.39 is 11.9 Å². The summed E-state index contributed by atoms with van der Waals surface area (Å²) in [6.45, 7) is 2.03. The van der Waals surface area contributed by atoms with Crippen LogP contribution >= 0.6 is 0 Å². The summed E-state index contributed by atoms with van der Waals surface area (Å²) in [5, 5.41) is 18.1. The van der Waals surface area contributed by atoms with Gasteiger partial charge in [0.2, 0.25) is 0 Å². The molecule has 3 N–H and O–H groups in total. The number of carbonyl (C=O) groups is 2. The zero-order valence-electron chi connectivity index (χ0n) is 10.7.